The Labute approximate surface area is 101 Å². The maximum atomic E-state index is 12.3. The Kier molecular flexibility index (Phi) is 1.98. The van der Waals surface area contributed by atoms with Crippen LogP contribution in [0.3, 0.4) is 0 Å². The summed E-state index contributed by atoms with van der Waals surface area (Å²) in [5.74, 6) is -0.129. The van der Waals surface area contributed by atoms with E-state index < -0.39 is 5.54 Å². The minimum absolute atomic E-state index is 0.0919. The van der Waals surface area contributed by atoms with Crippen LogP contribution in [-0.4, -0.2) is 35.5 Å². The molecule has 1 aliphatic carbocycles. The summed E-state index contributed by atoms with van der Waals surface area (Å²) in [6, 6.07) is 0. The molecule has 0 radical (unpaired) electrons. The maximum absolute atomic E-state index is 12.3. The molecule has 1 amide bonds. The lowest BCUT2D eigenvalue weighted by Crippen LogP contribution is -2.53. The molecule has 3 fully saturated rings. The Morgan fingerprint density at radius 3 is 2.76 bits per heavy atom. The molecule has 3 rings (SSSR count). The van der Waals surface area contributed by atoms with E-state index in [-0.39, 0.29) is 17.3 Å². The molecule has 2 saturated heterocycles. The summed E-state index contributed by atoms with van der Waals surface area (Å²) in [6.45, 7) is 6.65. The third-order valence-corrected chi connectivity index (χ3v) is 4.48. The van der Waals surface area contributed by atoms with Crippen LogP contribution in [0.2, 0.25) is 0 Å². The third-order valence-electron chi connectivity index (χ3n) is 4.48. The van der Waals surface area contributed by atoms with E-state index in [1.807, 2.05) is 0 Å². The fourth-order valence-electron chi connectivity index (χ4n) is 3.57. The highest BCUT2D eigenvalue weighted by atomic mass is 16.5. The predicted molar refractivity (Wildman–Crippen MR) is 61.1 cm³/mol. The van der Waals surface area contributed by atoms with Crippen molar-refractivity contribution in [1.82, 2.24) is 4.90 Å². The van der Waals surface area contributed by atoms with Crippen LogP contribution in [0.15, 0.2) is 12.2 Å². The molecule has 0 aromatic carbocycles. The van der Waals surface area contributed by atoms with Crippen LogP contribution >= 0.6 is 0 Å². The molecule has 2 aliphatic heterocycles. The summed E-state index contributed by atoms with van der Waals surface area (Å²) >= 11 is 0. The van der Waals surface area contributed by atoms with Gasteiger partial charge in [0, 0.05) is 24.8 Å². The van der Waals surface area contributed by atoms with Crippen molar-refractivity contribution in [2.75, 3.05) is 13.2 Å². The molecule has 1 spiro atoms. The van der Waals surface area contributed by atoms with Crippen molar-refractivity contribution in [1.29, 1.82) is 0 Å². The highest BCUT2D eigenvalue weighted by Crippen LogP contribution is 2.67. The van der Waals surface area contributed by atoms with E-state index in [9.17, 15) is 9.59 Å². The van der Waals surface area contributed by atoms with E-state index in [2.05, 4.69) is 6.58 Å². The van der Waals surface area contributed by atoms with E-state index in [4.69, 9.17) is 4.74 Å². The normalized spacial score (nSPS) is 33.1. The number of rotatable bonds is 2. The van der Waals surface area contributed by atoms with Crippen LogP contribution in [0.25, 0.3) is 0 Å². The second-order valence-electron chi connectivity index (χ2n) is 5.44. The number of hydrogen-bond acceptors (Lipinski definition) is 3. The van der Waals surface area contributed by atoms with Gasteiger partial charge in [0.15, 0.2) is 5.54 Å². The summed E-state index contributed by atoms with van der Waals surface area (Å²) < 4.78 is 5.23. The first-order valence-electron chi connectivity index (χ1n) is 6.20. The molecule has 1 unspecified atom stereocenters. The second kappa shape index (κ2) is 3.12. The summed E-state index contributed by atoms with van der Waals surface area (Å²) in [6.07, 6.45) is 3.03. The first kappa shape index (κ1) is 10.8. The molecule has 0 aromatic heterocycles. The lowest BCUT2D eigenvalue weighted by Gasteiger charge is -2.34. The van der Waals surface area contributed by atoms with Gasteiger partial charge in [0.05, 0.1) is 6.61 Å². The topological polar surface area (TPSA) is 46.6 Å². The predicted octanol–water partition coefficient (Wildman–Crippen LogP) is 1.26. The van der Waals surface area contributed by atoms with Gasteiger partial charge in [0.2, 0.25) is 5.91 Å². The summed E-state index contributed by atoms with van der Waals surface area (Å²) in [7, 11) is 0. The number of nitrogens with zero attached hydrogens (tertiary/aromatic N) is 1. The molecule has 92 valence electrons. The maximum Gasteiger partial charge on any atom is 0.333 e. The van der Waals surface area contributed by atoms with E-state index in [0.717, 1.165) is 18.4 Å². The fraction of sp³-hybridized carbons (Fsp3) is 0.692. The number of amides is 1. The van der Waals surface area contributed by atoms with Crippen molar-refractivity contribution in [2.24, 2.45) is 5.41 Å². The van der Waals surface area contributed by atoms with E-state index >= 15 is 0 Å². The van der Waals surface area contributed by atoms with Crippen molar-refractivity contribution in [3.63, 3.8) is 0 Å². The van der Waals surface area contributed by atoms with Crippen LogP contribution in [0.1, 0.15) is 32.6 Å². The zero-order valence-electron chi connectivity index (χ0n) is 10.1. The van der Waals surface area contributed by atoms with Crippen molar-refractivity contribution < 1.29 is 14.3 Å². The molecule has 0 N–H and O–H groups in total. The molecular formula is C13H17NO3. The van der Waals surface area contributed by atoms with Crippen molar-refractivity contribution >= 4 is 11.9 Å². The average Bonchev–Trinajstić information content (AvgIpc) is 2.89. The number of carbonyl (C=O) groups is 2. The second-order valence-corrected chi connectivity index (χ2v) is 5.44. The lowest BCUT2D eigenvalue weighted by atomic mass is 9.79. The van der Waals surface area contributed by atoms with Crippen molar-refractivity contribution in [2.45, 2.75) is 38.1 Å². The third kappa shape index (κ3) is 1.13. The molecule has 3 aliphatic rings. The molecule has 4 nitrogen and oxygen atoms in total. The monoisotopic (exact) mass is 235 g/mol. The first-order valence-corrected chi connectivity index (χ1v) is 6.20. The highest BCUT2D eigenvalue weighted by molar-refractivity contribution is 5.96. The van der Waals surface area contributed by atoms with Crippen LogP contribution in [0, 0.1) is 5.41 Å². The van der Waals surface area contributed by atoms with Gasteiger partial charge >= 0.3 is 5.97 Å². The molecular weight excluding hydrogens is 218 g/mol. The van der Waals surface area contributed by atoms with Gasteiger partial charge in [-0.25, -0.2) is 4.79 Å². The Morgan fingerprint density at radius 2 is 2.18 bits per heavy atom. The summed E-state index contributed by atoms with van der Waals surface area (Å²) in [5, 5.41) is 0. The van der Waals surface area contributed by atoms with Crippen LogP contribution in [0.5, 0.6) is 0 Å². The first-order chi connectivity index (χ1) is 8.06. The van der Waals surface area contributed by atoms with Gasteiger partial charge in [0.25, 0.3) is 0 Å². The Hall–Kier alpha value is -1.32. The SMILES string of the molecule is C=C1CN2C(=O)CC3(CC3)C2(C(=O)OCC)C1. The zero-order valence-corrected chi connectivity index (χ0v) is 10.1. The molecule has 17 heavy (non-hydrogen) atoms. The van der Waals surface area contributed by atoms with Crippen LogP contribution < -0.4 is 0 Å². The fourth-order valence-corrected chi connectivity index (χ4v) is 3.57. The van der Waals surface area contributed by atoms with Crippen LogP contribution in [-0.2, 0) is 14.3 Å². The number of esters is 1. The van der Waals surface area contributed by atoms with Crippen LogP contribution in [0.4, 0.5) is 0 Å². The van der Waals surface area contributed by atoms with E-state index in [0.29, 0.717) is 26.0 Å². The minimum Gasteiger partial charge on any atom is -0.464 e. The van der Waals surface area contributed by atoms with Crippen molar-refractivity contribution in [3.8, 4) is 0 Å². The Morgan fingerprint density at radius 1 is 1.47 bits per heavy atom. The Balaban J connectivity index is 2.05. The van der Waals surface area contributed by atoms with Gasteiger partial charge < -0.3 is 9.64 Å². The molecule has 1 saturated carbocycles. The largest absolute Gasteiger partial charge is 0.464 e. The quantitative estimate of drug-likeness (QED) is 0.534. The number of hydrogen-bond donors (Lipinski definition) is 0. The minimum atomic E-state index is -0.711. The van der Waals surface area contributed by atoms with Gasteiger partial charge in [-0.05, 0) is 19.8 Å². The lowest BCUT2D eigenvalue weighted by molar-refractivity contribution is -0.160. The van der Waals surface area contributed by atoms with Gasteiger partial charge in [0.1, 0.15) is 0 Å². The highest BCUT2D eigenvalue weighted by Gasteiger charge is 2.74. The average molecular weight is 235 g/mol. The standard InChI is InChI=1S/C13H17NO3/c1-3-17-11(16)13-6-9(2)8-14(13)10(15)7-12(13)4-5-12/h2-8H2,1H3. The zero-order chi connectivity index (χ0) is 12.3. The molecule has 0 bridgehead atoms. The molecule has 0 aromatic rings. The number of fused-ring (bicyclic) bond motifs is 2. The van der Waals surface area contributed by atoms with Crippen molar-refractivity contribution in [3.05, 3.63) is 12.2 Å². The summed E-state index contributed by atoms with van der Waals surface area (Å²) in [4.78, 5) is 26.1. The van der Waals surface area contributed by atoms with Gasteiger partial charge in [-0.3, -0.25) is 4.79 Å². The van der Waals surface area contributed by atoms with Gasteiger partial charge in [-0.1, -0.05) is 12.2 Å². The van der Waals surface area contributed by atoms with Gasteiger partial charge in [-0.15, -0.1) is 0 Å². The number of carbonyl (C=O) groups excluding carboxylic acids is 2. The Bertz CT molecular complexity index is 424. The molecule has 2 heterocycles. The molecule has 1 atom stereocenters. The van der Waals surface area contributed by atoms with E-state index in [1.54, 1.807) is 11.8 Å². The summed E-state index contributed by atoms with van der Waals surface area (Å²) in [5.41, 5.74) is 0.116. The smallest absolute Gasteiger partial charge is 0.333 e. The molecule has 4 heteroatoms. The van der Waals surface area contributed by atoms with E-state index in [1.165, 1.54) is 0 Å². The van der Waals surface area contributed by atoms with Gasteiger partial charge in [-0.2, -0.15) is 0 Å². The number of ether oxygens (including phenoxy) is 1.